The van der Waals surface area contributed by atoms with Gasteiger partial charge >= 0.3 is 0 Å². The Morgan fingerprint density at radius 3 is 2.00 bits per heavy atom. The molecule has 0 heterocycles. The number of ether oxygens (including phenoxy) is 2. The van der Waals surface area contributed by atoms with Gasteiger partial charge < -0.3 is 15.2 Å². The van der Waals surface area contributed by atoms with Crippen LogP contribution in [-0.2, 0) is 0 Å². The molecule has 20 heavy (non-hydrogen) atoms. The zero-order valence-corrected chi connectivity index (χ0v) is 11.5. The van der Waals surface area contributed by atoms with E-state index in [0.29, 0.717) is 5.75 Å². The number of nitrogens with two attached hydrogens (primary N) is 1. The summed E-state index contributed by atoms with van der Waals surface area (Å²) in [5, 5.41) is 0. The molecular formula is C16H18FNO2. The van der Waals surface area contributed by atoms with Crippen LogP contribution in [0.5, 0.6) is 11.5 Å². The van der Waals surface area contributed by atoms with Gasteiger partial charge in [0.2, 0.25) is 0 Å². The van der Waals surface area contributed by atoms with E-state index in [2.05, 4.69) is 0 Å². The van der Waals surface area contributed by atoms with Crippen molar-refractivity contribution >= 4 is 0 Å². The van der Waals surface area contributed by atoms with Crippen LogP contribution in [0.2, 0.25) is 0 Å². The minimum atomic E-state index is -0.300. The topological polar surface area (TPSA) is 44.5 Å². The predicted octanol–water partition coefficient (Wildman–Crippen LogP) is 3.30. The van der Waals surface area contributed by atoms with Gasteiger partial charge in [-0.2, -0.15) is 0 Å². The molecule has 0 aliphatic carbocycles. The summed E-state index contributed by atoms with van der Waals surface area (Å²) in [6, 6.07) is 13.3. The number of hydrogen-bond acceptors (Lipinski definition) is 3. The van der Waals surface area contributed by atoms with E-state index in [0.717, 1.165) is 11.3 Å². The molecule has 0 amide bonds. The molecule has 0 bridgehead atoms. The first kappa shape index (κ1) is 14.3. The van der Waals surface area contributed by atoms with Crippen molar-refractivity contribution in [1.82, 2.24) is 0 Å². The maximum atomic E-state index is 12.9. The SMILES string of the molecule is COc1ccc(C(Oc2ccc(F)cc2)C(C)N)cc1. The lowest BCUT2D eigenvalue weighted by Crippen LogP contribution is -2.29. The molecule has 2 aromatic carbocycles. The van der Waals surface area contributed by atoms with Gasteiger partial charge in [0, 0.05) is 6.04 Å². The van der Waals surface area contributed by atoms with Gasteiger partial charge in [-0.05, 0) is 48.9 Å². The second kappa shape index (κ2) is 6.39. The van der Waals surface area contributed by atoms with Crippen LogP contribution in [0, 0.1) is 5.82 Å². The van der Waals surface area contributed by atoms with Gasteiger partial charge in [0.05, 0.1) is 7.11 Å². The number of methoxy groups -OCH3 is 1. The maximum absolute atomic E-state index is 12.9. The molecular weight excluding hydrogens is 257 g/mol. The average Bonchev–Trinajstić information content (AvgIpc) is 2.46. The Labute approximate surface area is 118 Å². The normalized spacial score (nSPS) is 13.6. The predicted molar refractivity (Wildman–Crippen MR) is 76.4 cm³/mol. The van der Waals surface area contributed by atoms with Crippen molar-refractivity contribution in [3.05, 3.63) is 59.9 Å². The third-order valence-corrected chi connectivity index (χ3v) is 3.00. The Morgan fingerprint density at radius 1 is 0.950 bits per heavy atom. The molecule has 2 atom stereocenters. The van der Waals surface area contributed by atoms with Crippen LogP contribution >= 0.6 is 0 Å². The highest BCUT2D eigenvalue weighted by Gasteiger charge is 2.18. The zero-order valence-electron chi connectivity index (χ0n) is 11.5. The molecule has 4 heteroatoms. The summed E-state index contributed by atoms with van der Waals surface area (Å²) in [4.78, 5) is 0. The highest BCUT2D eigenvalue weighted by Crippen LogP contribution is 2.25. The maximum Gasteiger partial charge on any atom is 0.138 e. The van der Waals surface area contributed by atoms with Crippen molar-refractivity contribution in [3.8, 4) is 11.5 Å². The molecule has 0 radical (unpaired) electrons. The number of halogens is 1. The van der Waals surface area contributed by atoms with Crippen molar-refractivity contribution in [3.63, 3.8) is 0 Å². The summed E-state index contributed by atoms with van der Waals surface area (Å²) in [6.07, 6.45) is -0.300. The third-order valence-electron chi connectivity index (χ3n) is 3.00. The lowest BCUT2D eigenvalue weighted by Gasteiger charge is -2.23. The minimum absolute atomic E-state index is 0.201. The first-order chi connectivity index (χ1) is 9.60. The number of benzene rings is 2. The number of hydrogen-bond donors (Lipinski definition) is 1. The summed E-state index contributed by atoms with van der Waals surface area (Å²) in [5.41, 5.74) is 6.94. The standard InChI is InChI=1S/C16H18FNO2/c1-11(18)16(12-3-7-14(19-2)8-4-12)20-15-9-5-13(17)6-10-15/h3-11,16H,18H2,1-2H3. The molecule has 3 nitrogen and oxygen atoms in total. The van der Waals surface area contributed by atoms with E-state index in [9.17, 15) is 4.39 Å². The lowest BCUT2D eigenvalue weighted by molar-refractivity contribution is 0.180. The monoisotopic (exact) mass is 275 g/mol. The Bertz CT molecular complexity index is 537. The van der Waals surface area contributed by atoms with E-state index in [4.69, 9.17) is 15.2 Å². The lowest BCUT2D eigenvalue weighted by atomic mass is 10.0. The summed E-state index contributed by atoms with van der Waals surface area (Å²) < 4.78 is 23.9. The van der Waals surface area contributed by atoms with Crippen LogP contribution in [0.25, 0.3) is 0 Å². The van der Waals surface area contributed by atoms with Crippen molar-refractivity contribution in [2.24, 2.45) is 5.73 Å². The van der Waals surface area contributed by atoms with Crippen molar-refractivity contribution < 1.29 is 13.9 Å². The Morgan fingerprint density at radius 2 is 1.50 bits per heavy atom. The highest BCUT2D eigenvalue weighted by molar-refractivity contribution is 5.31. The molecule has 2 aromatic rings. The first-order valence-electron chi connectivity index (χ1n) is 6.42. The van der Waals surface area contributed by atoms with Gasteiger partial charge in [-0.15, -0.1) is 0 Å². The van der Waals surface area contributed by atoms with E-state index < -0.39 is 0 Å². The molecule has 0 aliphatic heterocycles. The van der Waals surface area contributed by atoms with E-state index in [1.807, 2.05) is 31.2 Å². The van der Waals surface area contributed by atoms with E-state index >= 15 is 0 Å². The molecule has 0 spiro atoms. The smallest absolute Gasteiger partial charge is 0.138 e. The van der Waals surface area contributed by atoms with Crippen LogP contribution in [0.1, 0.15) is 18.6 Å². The zero-order chi connectivity index (χ0) is 14.5. The summed E-state index contributed by atoms with van der Waals surface area (Å²) in [5.74, 6) is 1.07. The fourth-order valence-electron chi connectivity index (χ4n) is 1.93. The molecule has 0 aliphatic rings. The Hall–Kier alpha value is -2.07. The van der Waals surface area contributed by atoms with Crippen LogP contribution in [0.4, 0.5) is 4.39 Å². The van der Waals surface area contributed by atoms with Crippen molar-refractivity contribution in [1.29, 1.82) is 0 Å². The second-order valence-corrected chi connectivity index (χ2v) is 4.62. The minimum Gasteiger partial charge on any atom is -0.497 e. The largest absolute Gasteiger partial charge is 0.497 e. The van der Waals surface area contributed by atoms with Crippen LogP contribution in [0.15, 0.2) is 48.5 Å². The second-order valence-electron chi connectivity index (χ2n) is 4.62. The summed E-state index contributed by atoms with van der Waals surface area (Å²) >= 11 is 0. The molecule has 0 aromatic heterocycles. The van der Waals surface area contributed by atoms with Gasteiger partial charge in [-0.25, -0.2) is 4.39 Å². The fourth-order valence-corrected chi connectivity index (χ4v) is 1.93. The number of rotatable bonds is 5. The molecule has 2 N–H and O–H groups in total. The van der Waals surface area contributed by atoms with Crippen LogP contribution in [-0.4, -0.2) is 13.2 Å². The highest BCUT2D eigenvalue weighted by atomic mass is 19.1. The van der Waals surface area contributed by atoms with Gasteiger partial charge in [0.25, 0.3) is 0 Å². The van der Waals surface area contributed by atoms with Crippen molar-refractivity contribution in [2.45, 2.75) is 19.1 Å². The van der Waals surface area contributed by atoms with Crippen LogP contribution < -0.4 is 15.2 Å². The molecule has 0 fully saturated rings. The van der Waals surface area contributed by atoms with E-state index in [1.165, 1.54) is 12.1 Å². The molecule has 0 saturated carbocycles. The van der Waals surface area contributed by atoms with Gasteiger partial charge in [0.15, 0.2) is 0 Å². The summed E-state index contributed by atoms with van der Waals surface area (Å²) in [7, 11) is 1.62. The van der Waals surface area contributed by atoms with Gasteiger partial charge in [-0.3, -0.25) is 0 Å². The molecule has 0 saturated heterocycles. The van der Waals surface area contributed by atoms with E-state index in [-0.39, 0.29) is 18.0 Å². The first-order valence-corrected chi connectivity index (χ1v) is 6.42. The van der Waals surface area contributed by atoms with Gasteiger partial charge in [-0.1, -0.05) is 12.1 Å². The molecule has 106 valence electrons. The molecule has 2 unspecified atom stereocenters. The van der Waals surface area contributed by atoms with E-state index in [1.54, 1.807) is 19.2 Å². The fraction of sp³-hybridized carbons (Fsp3) is 0.250. The van der Waals surface area contributed by atoms with Crippen LogP contribution in [0.3, 0.4) is 0 Å². The average molecular weight is 275 g/mol. The molecule has 2 rings (SSSR count). The summed E-state index contributed by atoms with van der Waals surface area (Å²) in [6.45, 7) is 1.87. The third kappa shape index (κ3) is 3.48. The Balaban J connectivity index is 2.19. The van der Waals surface area contributed by atoms with Crippen molar-refractivity contribution in [2.75, 3.05) is 7.11 Å². The Kier molecular flexibility index (Phi) is 4.58. The quantitative estimate of drug-likeness (QED) is 0.910. The van der Waals surface area contributed by atoms with Gasteiger partial charge in [0.1, 0.15) is 23.4 Å².